The summed E-state index contributed by atoms with van der Waals surface area (Å²) in [6, 6.07) is 0. The number of hydrogen-bond donors (Lipinski definition) is 0. The van der Waals surface area contributed by atoms with Crippen LogP contribution < -0.4 is 0 Å². The molecule has 0 aliphatic heterocycles. The second kappa shape index (κ2) is 21.4. The first-order chi connectivity index (χ1) is 15.3. The Bertz CT molecular complexity index is 409. The second-order valence-electron chi connectivity index (χ2n) is 9.82. The van der Waals surface area contributed by atoms with E-state index in [1.165, 1.54) is 95.6 Å². The van der Waals surface area contributed by atoms with Crippen LogP contribution in [0.15, 0.2) is 0 Å². The van der Waals surface area contributed by atoms with E-state index in [2.05, 4.69) is 54.8 Å². The lowest BCUT2D eigenvalue weighted by Crippen LogP contribution is -2.22. The monoisotopic (exact) mass is 560 g/mol. The average Bonchev–Trinajstić information content (AvgIpc) is 2.71. The van der Waals surface area contributed by atoms with Gasteiger partial charge in [0.2, 0.25) is 0 Å². The maximum absolute atomic E-state index is 6.65. The van der Waals surface area contributed by atoms with Gasteiger partial charge in [-0.25, -0.2) is 3.63 Å². The smallest absolute Gasteiger partial charge is 0.180 e. The van der Waals surface area contributed by atoms with E-state index >= 15 is 0 Å². The van der Waals surface area contributed by atoms with Gasteiger partial charge in [0, 0.05) is 36.6 Å². The molecule has 0 rings (SSSR count). The van der Waals surface area contributed by atoms with Crippen LogP contribution in [0.4, 0.5) is 0 Å². The predicted molar refractivity (Wildman–Crippen MR) is 155 cm³/mol. The van der Waals surface area contributed by atoms with Crippen LogP contribution in [0.5, 0.6) is 0 Å². The van der Waals surface area contributed by atoms with Crippen LogP contribution in [-0.4, -0.2) is 49.0 Å². The summed E-state index contributed by atoms with van der Waals surface area (Å²) in [6.45, 7) is 5.34. The summed E-state index contributed by atoms with van der Waals surface area (Å²) in [6.07, 6.45) is 29.1. The number of halogens is 1. The van der Waals surface area contributed by atoms with E-state index < -0.39 is 20.9 Å². The Kier molecular flexibility index (Phi) is 22.1. The summed E-state index contributed by atoms with van der Waals surface area (Å²) in [7, 11) is -2.68. The second-order valence-corrected chi connectivity index (χ2v) is 16.9. The Balaban J connectivity index is 4.49. The summed E-state index contributed by atoms with van der Waals surface area (Å²) >= 11 is 3.51. The van der Waals surface area contributed by atoms with Gasteiger partial charge in [-0.2, -0.15) is 10.6 Å². The minimum absolute atomic E-state index is 0.123. The first kappa shape index (κ1) is 33.1. The van der Waals surface area contributed by atoms with E-state index in [0.29, 0.717) is 0 Å². The van der Waals surface area contributed by atoms with Crippen molar-refractivity contribution in [3.63, 3.8) is 0 Å². The van der Waals surface area contributed by atoms with Crippen molar-refractivity contribution in [2.45, 2.75) is 123 Å². The van der Waals surface area contributed by atoms with Crippen molar-refractivity contribution in [2.24, 2.45) is 0 Å². The predicted octanol–water partition coefficient (Wildman–Crippen LogP) is 9.91. The first-order valence-electron chi connectivity index (χ1n) is 13.3. The summed E-state index contributed by atoms with van der Waals surface area (Å²) in [5.74, 6) is 1.18. The molecule has 1 atom stereocenters. The zero-order valence-corrected chi connectivity index (χ0v) is 25.7. The van der Waals surface area contributed by atoms with Crippen LogP contribution in [0.3, 0.4) is 0 Å². The topological polar surface area (TPSA) is 27.7 Å². The minimum Gasteiger partial charge on any atom is -0.351 e. The van der Waals surface area contributed by atoms with Gasteiger partial charge in [0.25, 0.3) is 0 Å². The molecule has 32 heavy (non-hydrogen) atoms. The van der Waals surface area contributed by atoms with E-state index in [4.69, 9.17) is 12.5 Å². The highest BCUT2D eigenvalue weighted by atomic mass is 79.9. The third kappa shape index (κ3) is 21.6. The largest absolute Gasteiger partial charge is 0.351 e. The highest BCUT2D eigenvalue weighted by molar-refractivity contribution is 9.09. The molecular weight excluding hydrogens is 504 g/mol. The third-order valence-electron chi connectivity index (χ3n) is 5.55. The van der Waals surface area contributed by atoms with Gasteiger partial charge >= 0.3 is 0 Å². The summed E-state index contributed by atoms with van der Waals surface area (Å²) in [5.41, 5.74) is 0. The van der Waals surface area contributed by atoms with Crippen LogP contribution in [0, 0.1) is 0 Å². The van der Waals surface area contributed by atoms with Crippen molar-refractivity contribution >= 4 is 36.8 Å². The van der Waals surface area contributed by atoms with Crippen LogP contribution >= 0.6 is 36.8 Å². The Labute approximate surface area is 214 Å². The normalized spacial score (nSPS) is 14.6. The van der Waals surface area contributed by atoms with Crippen molar-refractivity contribution in [1.29, 1.82) is 0 Å². The molecular formula is C26H57BrO3S2. The molecule has 0 aliphatic carbocycles. The molecule has 0 aliphatic rings. The van der Waals surface area contributed by atoms with Gasteiger partial charge in [-0.3, -0.25) is 4.18 Å². The van der Waals surface area contributed by atoms with Gasteiger partial charge < -0.3 is 4.74 Å². The van der Waals surface area contributed by atoms with Crippen LogP contribution in [0.2, 0.25) is 0 Å². The molecule has 0 amide bonds. The van der Waals surface area contributed by atoms with Gasteiger partial charge in [-0.1, -0.05) is 100 Å². The fraction of sp³-hybridized carbons (Fsp3) is 1.00. The number of ether oxygens (including phenoxy) is 1. The molecule has 0 saturated carbocycles. The van der Waals surface area contributed by atoms with Crippen molar-refractivity contribution in [3.05, 3.63) is 0 Å². The molecule has 0 radical (unpaired) electrons. The molecule has 0 spiro atoms. The van der Waals surface area contributed by atoms with E-state index in [1.54, 1.807) is 0 Å². The summed E-state index contributed by atoms with van der Waals surface area (Å²) in [4.78, 5) is 0. The van der Waals surface area contributed by atoms with Gasteiger partial charge in [0.1, 0.15) is 0 Å². The molecule has 0 aromatic heterocycles. The molecule has 0 saturated heterocycles. The van der Waals surface area contributed by atoms with Crippen molar-refractivity contribution in [2.75, 3.05) is 42.7 Å². The summed E-state index contributed by atoms with van der Waals surface area (Å²) < 4.78 is 19.4. The van der Waals surface area contributed by atoms with Crippen LogP contribution in [0.25, 0.3) is 0 Å². The molecule has 0 fully saturated rings. The SMILES string of the molecule is CCCCCCCCS(C)(C)OS(C)(C)OC(CCCCCCC)OCCCCCCBr. The minimum atomic E-state index is -1.58. The van der Waals surface area contributed by atoms with Crippen LogP contribution in [-0.2, 0) is 12.5 Å². The lowest BCUT2D eigenvalue weighted by Gasteiger charge is -2.46. The zero-order valence-electron chi connectivity index (χ0n) is 22.4. The lowest BCUT2D eigenvalue weighted by atomic mass is 10.1. The van der Waals surface area contributed by atoms with E-state index in [1.807, 2.05) is 0 Å². The fourth-order valence-electron chi connectivity index (χ4n) is 3.82. The maximum atomic E-state index is 6.65. The van der Waals surface area contributed by atoms with E-state index in [-0.39, 0.29) is 6.29 Å². The highest BCUT2D eigenvalue weighted by Crippen LogP contribution is 2.59. The number of unbranched alkanes of at least 4 members (excludes halogenated alkanes) is 12. The van der Waals surface area contributed by atoms with Gasteiger partial charge in [-0.15, -0.1) is 10.3 Å². The average molecular weight is 562 g/mol. The standard InChI is InChI=1S/C26H57BrO3S2/c1-7-9-11-13-17-21-25-31(3,4)30-32(5,6)29-26(22-18-14-12-10-8-2)28-24-20-16-15-19-23-27/h26H,7-25H2,1-6H3. The number of hydrogen-bond acceptors (Lipinski definition) is 3. The molecule has 0 bridgehead atoms. The molecule has 0 N–H and O–H groups in total. The van der Waals surface area contributed by atoms with Gasteiger partial charge in [0.15, 0.2) is 6.29 Å². The van der Waals surface area contributed by atoms with E-state index in [0.717, 1.165) is 24.8 Å². The van der Waals surface area contributed by atoms with Crippen molar-refractivity contribution in [1.82, 2.24) is 0 Å². The summed E-state index contributed by atoms with van der Waals surface area (Å²) in [5, 5.41) is 1.10. The Morgan fingerprint density at radius 1 is 0.656 bits per heavy atom. The molecule has 1 unspecified atom stereocenters. The Hall–Kier alpha value is 1.06. The molecule has 0 aromatic rings. The Morgan fingerprint density at radius 2 is 1.19 bits per heavy atom. The van der Waals surface area contributed by atoms with Gasteiger partial charge in [0.05, 0.1) is 0 Å². The van der Waals surface area contributed by atoms with E-state index in [9.17, 15) is 0 Å². The molecule has 0 heterocycles. The quantitative estimate of drug-likeness (QED) is 0.0667. The molecule has 0 aromatic carbocycles. The highest BCUT2D eigenvalue weighted by Gasteiger charge is 2.24. The third-order valence-corrected chi connectivity index (χ3v) is 10.8. The fourth-order valence-corrected chi connectivity index (χ4v) is 9.73. The maximum Gasteiger partial charge on any atom is 0.180 e. The van der Waals surface area contributed by atoms with Crippen molar-refractivity contribution < 1.29 is 12.5 Å². The number of alkyl halides is 1. The van der Waals surface area contributed by atoms with Crippen molar-refractivity contribution in [3.8, 4) is 0 Å². The molecule has 198 valence electrons. The molecule has 6 heteroatoms. The lowest BCUT2D eigenvalue weighted by molar-refractivity contribution is -0.0820. The molecule has 3 nitrogen and oxygen atoms in total. The zero-order chi connectivity index (χ0) is 24.1. The van der Waals surface area contributed by atoms with Crippen LogP contribution in [0.1, 0.15) is 117 Å². The Morgan fingerprint density at radius 3 is 1.81 bits per heavy atom. The van der Waals surface area contributed by atoms with Gasteiger partial charge in [-0.05, 0) is 38.2 Å². The first-order valence-corrected chi connectivity index (χ1v) is 19.2. The number of rotatable bonds is 24.